The molecule has 2 aliphatic rings. The highest BCUT2D eigenvalue weighted by Gasteiger charge is 2.35. The van der Waals surface area contributed by atoms with Crippen molar-refractivity contribution in [2.75, 3.05) is 19.6 Å². The Morgan fingerprint density at radius 2 is 1.79 bits per heavy atom. The van der Waals surface area contributed by atoms with Gasteiger partial charge in [0.2, 0.25) is 0 Å². The average Bonchev–Trinajstić information content (AvgIpc) is 3.37. The molecular formula is C32H39F2N5O3. The van der Waals surface area contributed by atoms with E-state index in [1.165, 1.54) is 12.1 Å². The van der Waals surface area contributed by atoms with E-state index < -0.39 is 23.3 Å². The average molecular weight is 580 g/mol. The summed E-state index contributed by atoms with van der Waals surface area (Å²) in [4.78, 5) is 33.4. The number of hydrogen-bond acceptors (Lipinski definition) is 5. The first-order valence-corrected chi connectivity index (χ1v) is 14.7. The van der Waals surface area contributed by atoms with Gasteiger partial charge >= 0.3 is 6.09 Å². The molecule has 0 spiro atoms. The Bertz CT molecular complexity index is 1380. The Balaban J connectivity index is 1.47. The molecule has 2 N–H and O–H groups in total. The number of ether oxygens (including phenoxy) is 1. The maximum atomic E-state index is 14.2. The standard InChI is InChI=1S/C32H39F2N5O3/c1-32(2,3)42-31(41)37-26-11-7-8-12-27(26)39-20-36-28(29(39)22-9-5-4-6-10-22)30(40)38-14-13-35-19-25(38)17-21-15-23(33)18-24(34)16-21/h4-6,9-10,15-16,18,20,25-27,35H,7-8,11-14,17,19H2,1-3H3,(H,37,41)/t25-,26+,27+/m1/s1. The molecule has 42 heavy (non-hydrogen) atoms. The first-order valence-electron chi connectivity index (χ1n) is 14.7. The molecule has 0 bridgehead atoms. The third-order valence-electron chi connectivity index (χ3n) is 7.84. The lowest BCUT2D eigenvalue weighted by atomic mass is 9.89. The molecule has 8 nitrogen and oxygen atoms in total. The van der Waals surface area contributed by atoms with Gasteiger partial charge in [0.1, 0.15) is 17.2 Å². The minimum absolute atomic E-state index is 0.121. The van der Waals surface area contributed by atoms with E-state index in [4.69, 9.17) is 4.74 Å². The van der Waals surface area contributed by atoms with Gasteiger partial charge in [0.15, 0.2) is 5.69 Å². The van der Waals surface area contributed by atoms with Crippen LogP contribution >= 0.6 is 0 Å². The molecule has 2 heterocycles. The molecule has 1 aromatic heterocycles. The van der Waals surface area contributed by atoms with Crippen LogP contribution in [0.4, 0.5) is 13.6 Å². The van der Waals surface area contributed by atoms with Gasteiger partial charge in [-0.2, -0.15) is 0 Å². The number of alkyl carbamates (subject to hydrolysis) is 1. The third-order valence-corrected chi connectivity index (χ3v) is 7.84. The van der Waals surface area contributed by atoms with Crippen LogP contribution in [0.15, 0.2) is 54.9 Å². The summed E-state index contributed by atoms with van der Waals surface area (Å²) in [5.41, 5.74) is 1.73. The van der Waals surface area contributed by atoms with Crippen LogP contribution in [-0.4, -0.2) is 63.8 Å². The molecule has 1 aliphatic carbocycles. The molecule has 10 heteroatoms. The van der Waals surface area contributed by atoms with E-state index in [-0.39, 0.29) is 24.0 Å². The van der Waals surface area contributed by atoms with E-state index in [0.29, 0.717) is 43.0 Å². The summed E-state index contributed by atoms with van der Waals surface area (Å²) in [6.07, 6.45) is 5.09. The first-order chi connectivity index (χ1) is 20.1. The highest BCUT2D eigenvalue weighted by molar-refractivity contribution is 5.98. The number of carbonyl (C=O) groups excluding carboxylic acids is 2. The second-order valence-corrected chi connectivity index (χ2v) is 12.2. The van der Waals surface area contributed by atoms with Gasteiger partial charge in [-0.25, -0.2) is 18.6 Å². The number of nitrogens with one attached hydrogen (secondary N) is 2. The number of hydrogen-bond donors (Lipinski definition) is 2. The Morgan fingerprint density at radius 1 is 1.07 bits per heavy atom. The Morgan fingerprint density at radius 3 is 2.50 bits per heavy atom. The fraction of sp³-hybridized carbons (Fsp3) is 0.469. The zero-order chi connectivity index (χ0) is 29.9. The second kappa shape index (κ2) is 12.6. The molecule has 1 saturated heterocycles. The van der Waals surface area contributed by atoms with Crippen molar-refractivity contribution in [2.24, 2.45) is 0 Å². The lowest BCUT2D eigenvalue weighted by molar-refractivity contribution is 0.0471. The van der Waals surface area contributed by atoms with Crippen molar-refractivity contribution >= 4 is 12.0 Å². The van der Waals surface area contributed by atoms with E-state index in [2.05, 4.69) is 15.6 Å². The highest BCUT2D eigenvalue weighted by atomic mass is 19.1. The Labute approximate surface area is 245 Å². The number of piperazine rings is 1. The van der Waals surface area contributed by atoms with Crippen molar-refractivity contribution in [1.29, 1.82) is 0 Å². The summed E-state index contributed by atoms with van der Waals surface area (Å²) in [7, 11) is 0. The molecule has 2 fully saturated rings. The van der Waals surface area contributed by atoms with Crippen molar-refractivity contribution < 1.29 is 23.1 Å². The van der Waals surface area contributed by atoms with Crippen LogP contribution in [0.1, 0.15) is 68.5 Å². The van der Waals surface area contributed by atoms with Gasteiger partial charge < -0.3 is 24.8 Å². The van der Waals surface area contributed by atoms with Crippen LogP contribution in [0.25, 0.3) is 11.3 Å². The number of imidazole rings is 1. The van der Waals surface area contributed by atoms with Gasteiger partial charge in [-0.3, -0.25) is 4.79 Å². The predicted octanol–water partition coefficient (Wildman–Crippen LogP) is 5.49. The quantitative estimate of drug-likeness (QED) is 0.403. The van der Waals surface area contributed by atoms with Crippen molar-refractivity contribution in [3.8, 4) is 11.3 Å². The molecule has 3 aromatic rings. The van der Waals surface area contributed by atoms with Gasteiger partial charge in [-0.05, 0) is 57.7 Å². The monoisotopic (exact) mass is 579 g/mol. The van der Waals surface area contributed by atoms with E-state index in [9.17, 15) is 18.4 Å². The Hall–Kier alpha value is -3.79. The second-order valence-electron chi connectivity index (χ2n) is 12.2. The van der Waals surface area contributed by atoms with Gasteiger partial charge in [0, 0.05) is 37.3 Å². The number of aromatic nitrogens is 2. The van der Waals surface area contributed by atoms with Crippen LogP contribution in [0.3, 0.4) is 0 Å². The van der Waals surface area contributed by atoms with E-state index in [1.54, 1.807) is 11.2 Å². The fourth-order valence-electron chi connectivity index (χ4n) is 6.07. The van der Waals surface area contributed by atoms with E-state index in [0.717, 1.165) is 37.3 Å². The molecule has 224 valence electrons. The van der Waals surface area contributed by atoms with Crippen LogP contribution in [-0.2, 0) is 11.2 Å². The van der Waals surface area contributed by atoms with Crippen LogP contribution in [0.2, 0.25) is 0 Å². The normalized spacial score (nSPS) is 21.2. The smallest absolute Gasteiger partial charge is 0.407 e. The molecular weight excluding hydrogens is 540 g/mol. The fourth-order valence-corrected chi connectivity index (χ4v) is 6.07. The van der Waals surface area contributed by atoms with E-state index in [1.807, 2.05) is 55.7 Å². The highest BCUT2D eigenvalue weighted by Crippen LogP contribution is 2.35. The zero-order valence-corrected chi connectivity index (χ0v) is 24.4. The summed E-state index contributed by atoms with van der Waals surface area (Å²) >= 11 is 0. The molecule has 1 saturated carbocycles. The lowest BCUT2D eigenvalue weighted by Gasteiger charge is -2.37. The molecule has 2 aromatic carbocycles. The number of rotatable bonds is 6. The predicted molar refractivity (Wildman–Crippen MR) is 156 cm³/mol. The minimum Gasteiger partial charge on any atom is -0.444 e. The molecule has 1 aliphatic heterocycles. The summed E-state index contributed by atoms with van der Waals surface area (Å²) < 4.78 is 35.4. The van der Waals surface area contributed by atoms with Crippen LogP contribution < -0.4 is 10.6 Å². The summed E-state index contributed by atoms with van der Waals surface area (Å²) in [6.45, 7) is 7.04. The van der Waals surface area contributed by atoms with Crippen LogP contribution in [0.5, 0.6) is 0 Å². The van der Waals surface area contributed by atoms with Crippen molar-refractivity contribution in [3.05, 3.63) is 77.8 Å². The number of nitrogens with zero attached hydrogens (tertiary/aromatic N) is 3. The Kier molecular flexibility index (Phi) is 8.91. The third kappa shape index (κ3) is 6.98. The van der Waals surface area contributed by atoms with Gasteiger partial charge in [0.05, 0.1) is 24.1 Å². The molecule has 0 radical (unpaired) electrons. The number of benzene rings is 2. The van der Waals surface area contributed by atoms with Gasteiger partial charge in [-0.1, -0.05) is 43.2 Å². The number of halogens is 2. The minimum atomic E-state index is -0.640. The van der Waals surface area contributed by atoms with E-state index >= 15 is 0 Å². The largest absolute Gasteiger partial charge is 0.444 e. The van der Waals surface area contributed by atoms with Crippen LogP contribution in [0, 0.1) is 11.6 Å². The van der Waals surface area contributed by atoms with Crippen molar-refractivity contribution in [1.82, 2.24) is 25.1 Å². The van der Waals surface area contributed by atoms with Crippen molar-refractivity contribution in [2.45, 2.75) is 76.6 Å². The molecule has 2 amide bonds. The van der Waals surface area contributed by atoms with Crippen molar-refractivity contribution in [3.63, 3.8) is 0 Å². The summed E-state index contributed by atoms with van der Waals surface area (Å²) in [5, 5.41) is 6.38. The number of amides is 2. The summed E-state index contributed by atoms with van der Waals surface area (Å²) in [5.74, 6) is -1.51. The summed E-state index contributed by atoms with van der Waals surface area (Å²) in [6, 6.07) is 12.5. The zero-order valence-electron chi connectivity index (χ0n) is 24.4. The first kappa shape index (κ1) is 29.7. The lowest BCUT2D eigenvalue weighted by Crippen LogP contribution is -2.54. The maximum absolute atomic E-state index is 14.2. The molecule has 5 rings (SSSR count). The van der Waals surface area contributed by atoms with Gasteiger partial charge in [0.25, 0.3) is 5.91 Å². The topological polar surface area (TPSA) is 88.5 Å². The SMILES string of the molecule is CC(C)(C)OC(=O)N[C@H]1CCCC[C@@H]1n1cnc(C(=O)N2CCNC[C@H]2Cc2cc(F)cc(F)c2)c1-c1ccccc1. The molecule has 3 atom stereocenters. The number of carbonyl (C=O) groups is 2. The molecule has 0 unspecified atom stereocenters. The maximum Gasteiger partial charge on any atom is 0.407 e. The van der Waals surface area contributed by atoms with Gasteiger partial charge in [-0.15, -0.1) is 0 Å².